The topological polar surface area (TPSA) is 89.5 Å². The molecule has 0 aliphatic heterocycles. The minimum Gasteiger partial charge on any atom is -0.456 e. The van der Waals surface area contributed by atoms with E-state index in [2.05, 4.69) is 5.32 Å². The third-order valence-electron chi connectivity index (χ3n) is 8.26. The number of ketones is 2. The van der Waals surface area contributed by atoms with Crippen LogP contribution in [-0.2, 0) is 14.3 Å². The highest BCUT2D eigenvalue weighted by atomic mass is 16.5. The molecule has 1 N–H and O–H groups in total. The van der Waals surface area contributed by atoms with Gasteiger partial charge in [0.25, 0.3) is 5.91 Å². The maximum atomic E-state index is 12.9. The van der Waals surface area contributed by atoms with Crippen LogP contribution in [0.25, 0.3) is 0 Å². The summed E-state index contributed by atoms with van der Waals surface area (Å²) in [6.45, 7) is -0.363. The van der Waals surface area contributed by atoms with Gasteiger partial charge in [-0.1, -0.05) is 24.3 Å². The standard InChI is InChI=1S/C28H27NO5/c30-24(15-34-25(31)14-28-11-16-7-17(12-28)9-18(8-16)13-28)29-19-5-6-22-23(10-19)27(33)21-4-2-1-3-20(21)26(22)32/h1-6,10,16-18H,7-9,11-15H2,(H,29,30). The van der Waals surface area contributed by atoms with E-state index in [0.717, 1.165) is 37.0 Å². The number of hydrogen-bond donors (Lipinski definition) is 1. The Morgan fingerprint density at radius 1 is 0.824 bits per heavy atom. The quantitative estimate of drug-likeness (QED) is 0.568. The second kappa shape index (κ2) is 7.90. The normalized spacial score (nSPS) is 28.3. The van der Waals surface area contributed by atoms with Crippen LogP contribution in [0, 0.1) is 23.2 Å². The van der Waals surface area contributed by atoms with Gasteiger partial charge in [-0.2, -0.15) is 0 Å². The summed E-state index contributed by atoms with van der Waals surface area (Å²) in [5, 5.41) is 2.69. The van der Waals surface area contributed by atoms with Gasteiger partial charge >= 0.3 is 5.97 Å². The first kappa shape index (κ1) is 21.3. The zero-order valence-corrected chi connectivity index (χ0v) is 19.0. The van der Waals surface area contributed by atoms with Crippen LogP contribution in [0.5, 0.6) is 0 Å². The smallest absolute Gasteiger partial charge is 0.306 e. The van der Waals surface area contributed by atoms with Crippen molar-refractivity contribution >= 4 is 29.1 Å². The third kappa shape index (κ3) is 3.65. The van der Waals surface area contributed by atoms with Crippen LogP contribution in [0.1, 0.15) is 76.8 Å². The van der Waals surface area contributed by atoms with Crippen molar-refractivity contribution in [3.8, 4) is 0 Å². The summed E-state index contributed by atoms with van der Waals surface area (Å²) in [6, 6.07) is 11.4. The zero-order valence-electron chi connectivity index (χ0n) is 19.0. The van der Waals surface area contributed by atoms with E-state index in [1.54, 1.807) is 36.4 Å². The maximum Gasteiger partial charge on any atom is 0.306 e. The summed E-state index contributed by atoms with van der Waals surface area (Å²) >= 11 is 0. The Kier molecular flexibility index (Phi) is 4.94. The molecule has 6 nitrogen and oxygen atoms in total. The maximum absolute atomic E-state index is 12.9. The summed E-state index contributed by atoms with van der Waals surface area (Å²) in [7, 11) is 0. The summed E-state index contributed by atoms with van der Waals surface area (Å²) in [5.41, 5.74) is 1.81. The largest absolute Gasteiger partial charge is 0.456 e. The van der Waals surface area contributed by atoms with Crippen molar-refractivity contribution in [1.29, 1.82) is 0 Å². The molecule has 4 bridgehead atoms. The predicted octanol–water partition coefficient (Wildman–Crippen LogP) is 4.55. The fourth-order valence-corrected chi connectivity index (χ4v) is 7.38. The highest BCUT2D eigenvalue weighted by Crippen LogP contribution is 2.61. The summed E-state index contributed by atoms with van der Waals surface area (Å²) in [6.07, 6.45) is 7.70. The van der Waals surface area contributed by atoms with E-state index in [-0.39, 0.29) is 35.1 Å². The van der Waals surface area contributed by atoms with Gasteiger partial charge in [0.15, 0.2) is 18.2 Å². The van der Waals surface area contributed by atoms with Crippen LogP contribution in [0.4, 0.5) is 5.69 Å². The molecule has 4 fully saturated rings. The lowest BCUT2D eigenvalue weighted by Gasteiger charge is -2.56. The fraction of sp³-hybridized carbons (Fsp3) is 0.429. The van der Waals surface area contributed by atoms with Crippen LogP contribution in [0.15, 0.2) is 42.5 Å². The van der Waals surface area contributed by atoms with Gasteiger partial charge in [-0.25, -0.2) is 0 Å². The molecule has 0 unspecified atom stereocenters. The zero-order chi connectivity index (χ0) is 23.4. The van der Waals surface area contributed by atoms with Crippen molar-refractivity contribution in [3.63, 3.8) is 0 Å². The molecule has 2 aromatic rings. The first-order valence-electron chi connectivity index (χ1n) is 12.2. The Labute approximate surface area is 198 Å². The summed E-state index contributed by atoms with van der Waals surface area (Å²) in [5.74, 6) is 1.05. The number of fused-ring (bicyclic) bond motifs is 2. The molecular formula is C28H27NO5. The van der Waals surface area contributed by atoms with Crippen molar-refractivity contribution in [3.05, 3.63) is 64.7 Å². The second-order valence-electron chi connectivity index (χ2n) is 10.8. The Morgan fingerprint density at radius 3 is 2.00 bits per heavy atom. The number of ether oxygens (including phenoxy) is 1. The SMILES string of the molecule is O=C(COC(=O)CC12CC3CC(CC(C3)C1)C2)Nc1ccc2c(c1)C(=O)c1ccccc1C2=O. The monoisotopic (exact) mass is 457 g/mol. The average molecular weight is 458 g/mol. The van der Waals surface area contributed by atoms with Crippen molar-refractivity contribution in [2.45, 2.75) is 44.9 Å². The molecule has 2 aromatic carbocycles. The average Bonchev–Trinajstić information content (AvgIpc) is 2.80. The molecule has 0 spiro atoms. The number of nitrogens with one attached hydrogen (secondary N) is 1. The van der Waals surface area contributed by atoms with Crippen molar-refractivity contribution in [2.75, 3.05) is 11.9 Å². The van der Waals surface area contributed by atoms with Gasteiger partial charge in [-0.05, 0) is 79.9 Å². The first-order valence-corrected chi connectivity index (χ1v) is 12.2. The lowest BCUT2D eigenvalue weighted by molar-refractivity contribution is -0.154. The number of benzene rings is 2. The van der Waals surface area contributed by atoms with Crippen LogP contribution < -0.4 is 5.32 Å². The van der Waals surface area contributed by atoms with Gasteiger partial charge in [0, 0.05) is 27.9 Å². The first-order chi connectivity index (χ1) is 16.4. The molecule has 4 saturated carbocycles. The Hall–Kier alpha value is -3.28. The van der Waals surface area contributed by atoms with Crippen LogP contribution in [0.3, 0.4) is 0 Å². The minimum atomic E-state index is -0.464. The van der Waals surface area contributed by atoms with Gasteiger partial charge in [0.2, 0.25) is 0 Å². The van der Waals surface area contributed by atoms with Gasteiger partial charge in [-0.3, -0.25) is 19.2 Å². The molecule has 174 valence electrons. The second-order valence-corrected chi connectivity index (χ2v) is 10.8. The number of anilines is 1. The summed E-state index contributed by atoms with van der Waals surface area (Å²) < 4.78 is 5.34. The van der Waals surface area contributed by atoms with E-state index < -0.39 is 5.91 Å². The van der Waals surface area contributed by atoms with Gasteiger partial charge in [0.1, 0.15) is 0 Å². The minimum absolute atomic E-state index is 0.0734. The lowest BCUT2D eigenvalue weighted by Crippen LogP contribution is -2.47. The van der Waals surface area contributed by atoms with E-state index >= 15 is 0 Å². The summed E-state index contributed by atoms with van der Waals surface area (Å²) in [4.78, 5) is 50.6. The molecule has 6 heteroatoms. The fourth-order valence-electron chi connectivity index (χ4n) is 7.38. The van der Waals surface area contributed by atoms with Crippen LogP contribution >= 0.6 is 0 Å². The number of amides is 1. The Balaban J connectivity index is 1.08. The van der Waals surface area contributed by atoms with Crippen molar-refractivity contribution in [2.24, 2.45) is 23.2 Å². The van der Waals surface area contributed by atoms with Crippen molar-refractivity contribution in [1.82, 2.24) is 0 Å². The van der Waals surface area contributed by atoms with Crippen LogP contribution in [-0.4, -0.2) is 30.0 Å². The highest BCUT2D eigenvalue weighted by Gasteiger charge is 2.51. The number of hydrogen-bond acceptors (Lipinski definition) is 5. The highest BCUT2D eigenvalue weighted by molar-refractivity contribution is 6.28. The molecule has 34 heavy (non-hydrogen) atoms. The molecule has 7 rings (SSSR count). The lowest BCUT2D eigenvalue weighted by atomic mass is 9.49. The van der Waals surface area contributed by atoms with Crippen molar-refractivity contribution < 1.29 is 23.9 Å². The molecule has 0 saturated heterocycles. The number of carbonyl (C=O) groups is 4. The number of esters is 1. The molecule has 0 atom stereocenters. The Bertz CT molecular complexity index is 1190. The van der Waals surface area contributed by atoms with E-state index in [4.69, 9.17) is 4.74 Å². The van der Waals surface area contributed by atoms with Gasteiger partial charge in [0.05, 0.1) is 6.42 Å². The van der Waals surface area contributed by atoms with E-state index in [0.29, 0.717) is 28.8 Å². The van der Waals surface area contributed by atoms with Gasteiger partial charge in [-0.15, -0.1) is 0 Å². The molecule has 5 aliphatic carbocycles. The molecule has 5 aliphatic rings. The van der Waals surface area contributed by atoms with E-state index in [9.17, 15) is 19.2 Å². The molecule has 1 amide bonds. The molecule has 0 aromatic heterocycles. The molecule has 0 heterocycles. The predicted molar refractivity (Wildman–Crippen MR) is 125 cm³/mol. The van der Waals surface area contributed by atoms with E-state index in [1.807, 2.05) is 0 Å². The van der Waals surface area contributed by atoms with E-state index in [1.165, 1.54) is 25.3 Å². The van der Waals surface area contributed by atoms with Crippen LogP contribution in [0.2, 0.25) is 0 Å². The Morgan fingerprint density at radius 2 is 1.38 bits per heavy atom. The number of carbonyl (C=O) groups excluding carboxylic acids is 4. The van der Waals surface area contributed by atoms with Gasteiger partial charge < -0.3 is 10.1 Å². The molecular weight excluding hydrogens is 430 g/mol. The number of rotatable bonds is 5. The third-order valence-corrected chi connectivity index (χ3v) is 8.26. The molecule has 0 radical (unpaired) electrons.